The van der Waals surface area contributed by atoms with Crippen molar-refractivity contribution >= 4 is 29.2 Å². The molecule has 1 N–H and O–H groups in total. The molecule has 128 valence electrons. The SMILES string of the molecule is CCCCC(C(=O)O)[C@@H]1CCCN(Cc2ccc(Cl)c(Cl)c2)C1. The number of hydrogen-bond acceptors (Lipinski definition) is 2. The molecule has 1 fully saturated rings. The molecule has 1 heterocycles. The Hall–Kier alpha value is -0.770. The predicted molar refractivity (Wildman–Crippen MR) is 95.1 cm³/mol. The van der Waals surface area contributed by atoms with Gasteiger partial charge >= 0.3 is 5.97 Å². The van der Waals surface area contributed by atoms with Gasteiger partial charge in [0.2, 0.25) is 0 Å². The minimum atomic E-state index is -0.639. The van der Waals surface area contributed by atoms with Crippen molar-refractivity contribution in [3.63, 3.8) is 0 Å². The Kier molecular flexibility index (Phi) is 7.19. The fraction of sp³-hybridized carbons (Fsp3) is 0.611. The minimum Gasteiger partial charge on any atom is -0.481 e. The minimum absolute atomic E-state index is 0.216. The second kappa shape index (κ2) is 8.91. The number of aliphatic carboxylic acids is 1. The number of piperidine rings is 1. The molecule has 1 unspecified atom stereocenters. The number of hydrogen-bond donors (Lipinski definition) is 1. The highest BCUT2D eigenvalue weighted by Gasteiger charge is 2.31. The maximum atomic E-state index is 11.6. The van der Waals surface area contributed by atoms with Crippen LogP contribution in [0.5, 0.6) is 0 Å². The monoisotopic (exact) mass is 357 g/mol. The van der Waals surface area contributed by atoms with Gasteiger partial charge in [-0.25, -0.2) is 0 Å². The molecule has 1 aliphatic heterocycles. The number of halogens is 2. The van der Waals surface area contributed by atoms with Crippen LogP contribution in [0.3, 0.4) is 0 Å². The van der Waals surface area contributed by atoms with Crippen molar-refractivity contribution in [1.82, 2.24) is 4.90 Å². The van der Waals surface area contributed by atoms with E-state index >= 15 is 0 Å². The van der Waals surface area contributed by atoms with Crippen LogP contribution in [0.25, 0.3) is 0 Å². The number of nitrogens with zero attached hydrogens (tertiary/aromatic N) is 1. The third-order valence-electron chi connectivity index (χ3n) is 4.69. The van der Waals surface area contributed by atoms with Crippen LogP contribution < -0.4 is 0 Å². The fourth-order valence-electron chi connectivity index (χ4n) is 3.44. The maximum absolute atomic E-state index is 11.6. The van der Waals surface area contributed by atoms with Gasteiger partial charge < -0.3 is 5.11 Å². The van der Waals surface area contributed by atoms with E-state index in [1.807, 2.05) is 18.2 Å². The summed E-state index contributed by atoms with van der Waals surface area (Å²) in [6.07, 6.45) is 4.89. The summed E-state index contributed by atoms with van der Waals surface area (Å²) in [5.41, 5.74) is 1.13. The van der Waals surface area contributed by atoms with Crippen molar-refractivity contribution in [3.8, 4) is 0 Å². The molecule has 0 spiro atoms. The molecule has 3 nitrogen and oxygen atoms in total. The molecule has 0 aliphatic carbocycles. The van der Waals surface area contributed by atoms with Gasteiger partial charge in [-0.15, -0.1) is 0 Å². The Morgan fingerprint density at radius 3 is 2.83 bits per heavy atom. The molecule has 0 radical (unpaired) electrons. The number of carboxylic acid groups (broad SMARTS) is 1. The van der Waals surface area contributed by atoms with Gasteiger partial charge in [0.05, 0.1) is 16.0 Å². The van der Waals surface area contributed by atoms with Crippen molar-refractivity contribution in [2.75, 3.05) is 13.1 Å². The van der Waals surface area contributed by atoms with Gasteiger partial charge in [0.25, 0.3) is 0 Å². The van der Waals surface area contributed by atoms with Gasteiger partial charge in [-0.3, -0.25) is 9.69 Å². The summed E-state index contributed by atoms with van der Waals surface area (Å²) < 4.78 is 0. The second-order valence-corrected chi connectivity index (χ2v) is 7.29. The van der Waals surface area contributed by atoms with Crippen LogP contribution >= 0.6 is 23.2 Å². The maximum Gasteiger partial charge on any atom is 0.306 e. The van der Waals surface area contributed by atoms with E-state index in [1.165, 1.54) is 0 Å². The molecule has 0 bridgehead atoms. The van der Waals surface area contributed by atoms with Crippen LogP contribution in [0.1, 0.15) is 44.6 Å². The van der Waals surface area contributed by atoms with Crippen LogP contribution in [-0.4, -0.2) is 29.1 Å². The van der Waals surface area contributed by atoms with E-state index in [0.717, 1.165) is 57.3 Å². The normalized spacial score (nSPS) is 20.4. The highest BCUT2D eigenvalue weighted by molar-refractivity contribution is 6.42. The number of carboxylic acids is 1. The van der Waals surface area contributed by atoms with E-state index in [-0.39, 0.29) is 11.8 Å². The van der Waals surface area contributed by atoms with Crippen LogP contribution in [0.2, 0.25) is 10.0 Å². The quantitative estimate of drug-likeness (QED) is 0.738. The van der Waals surface area contributed by atoms with E-state index in [9.17, 15) is 9.90 Å². The van der Waals surface area contributed by atoms with Crippen LogP contribution in [0.4, 0.5) is 0 Å². The molecule has 2 atom stereocenters. The molecule has 23 heavy (non-hydrogen) atoms. The number of benzene rings is 1. The topological polar surface area (TPSA) is 40.5 Å². The average Bonchev–Trinajstić information content (AvgIpc) is 2.51. The summed E-state index contributed by atoms with van der Waals surface area (Å²) in [5.74, 6) is -0.609. The zero-order valence-electron chi connectivity index (χ0n) is 13.6. The van der Waals surface area contributed by atoms with Gasteiger partial charge in [-0.2, -0.15) is 0 Å². The standard InChI is InChI=1S/C18H25Cl2NO2/c1-2-3-6-15(18(22)23)14-5-4-9-21(12-14)11-13-7-8-16(19)17(20)10-13/h7-8,10,14-15H,2-6,9,11-12H2,1H3,(H,22,23)/t14-,15?/m1/s1. The molecule has 0 aromatic heterocycles. The van der Waals surface area contributed by atoms with Crippen LogP contribution in [-0.2, 0) is 11.3 Å². The van der Waals surface area contributed by atoms with Gasteiger partial charge in [-0.05, 0) is 49.4 Å². The number of likely N-dealkylation sites (tertiary alicyclic amines) is 1. The fourth-order valence-corrected chi connectivity index (χ4v) is 3.77. The molecule has 1 aromatic rings. The first-order valence-corrected chi connectivity index (χ1v) is 9.16. The summed E-state index contributed by atoms with van der Waals surface area (Å²) in [5, 5.41) is 10.7. The molecule has 2 rings (SSSR count). The van der Waals surface area contributed by atoms with E-state index in [2.05, 4.69) is 11.8 Å². The molecule has 1 aromatic carbocycles. The van der Waals surface area contributed by atoms with E-state index < -0.39 is 5.97 Å². The summed E-state index contributed by atoms with van der Waals surface area (Å²) >= 11 is 12.0. The molecule has 0 amide bonds. The zero-order valence-corrected chi connectivity index (χ0v) is 15.1. The van der Waals surface area contributed by atoms with Gasteiger partial charge in [-0.1, -0.05) is 49.0 Å². The van der Waals surface area contributed by atoms with E-state index in [4.69, 9.17) is 23.2 Å². The van der Waals surface area contributed by atoms with Crippen molar-refractivity contribution < 1.29 is 9.90 Å². The van der Waals surface area contributed by atoms with Crippen LogP contribution in [0, 0.1) is 11.8 Å². The summed E-state index contributed by atoms with van der Waals surface area (Å²) in [6.45, 7) is 4.77. The Balaban J connectivity index is 1.98. The van der Waals surface area contributed by atoms with Crippen molar-refractivity contribution in [1.29, 1.82) is 0 Å². The van der Waals surface area contributed by atoms with Crippen molar-refractivity contribution in [2.24, 2.45) is 11.8 Å². The predicted octanol–water partition coefficient (Wildman–Crippen LogP) is 5.10. The average molecular weight is 358 g/mol. The molecular weight excluding hydrogens is 333 g/mol. The Labute approximate surface area is 148 Å². The lowest BCUT2D eigenvalue weighted by Crippen LogP contribution is -2.40. The Bertz CT molecular complexity index is 536. The summed E-state index contributed by atoms with van der Waals surface area (Å²) in [4.78, 5) is 13.9. The third-order valence-corrected chi connectivity index (χ3v) is 5.43. The lowest BCUT2D eigenvalue weighted by Gasteiger charge is -2.35. The first-order chi connectivity index (χ1) is 11.0. The molecular formula is C18H25Cl2NO2. The Morgan fingerprint density at radius 1 is 1.39 bits per heavy atom. The third kappa shape index (κ3) is 5.37. The largest absolute Gasteiger partial charge is 0.481 e. The number of unbranched alkanes of at least 4 members (excludes halogenated alkanes) is 1. The van der Waals surface area contributed by atoms with Gasteiger partial charge in [0.1, 0.15) is 0 Å². The lowest BCUT2D eigenvalue weighted by molar-refractivity contribution is -0.144. The van der Waals surface area contributed by atoms with Crippen molar-refractivity contribution in [3.05, 3.63) is 33.8 Å². The molecule has 1 aliphatic rings. The van der Waals surface area contributed by atoms with Crippen molar-refractivity contribution in [2.45, 2.75) is 45.6 Å². The number of rotatable bonds is 7. The van der Waals surface area contributed by atoms with Gasteiger partial charge in [0, 0.05) is 13.1 Å². The number of carbonyl (C=O) groups is 1. The summed E-state index contributed by atoms with van der Waals surface area (Å²) in [7, 11) is 0. The van der Waals surface area contributed by atoms with Gasteiger partial charge in [0.15, 0.2) is 0 Å². The summed E-state index contributed by atoms with van der Waals surface area (Å²) in [6, 6.07) is 5.71. The second-order valence-electron chi connectivity index (χ2n) is 6.47. The first-order valence-electron chi connectivity index (χ1n) is 8.40. The van der Waals surface area contributed by atoms with E-state index in [1.54, 1.807) is 0 Å². The molecule has 5 heteroatoms. The highest BCUT2D eigenvalue weighted by Crippen LogP contribution is 2.30. The van der Waals surface area contributed by atoms with Crippen LogP contribution in [0.15, 0.2) is 18.2 Å². The molecule has 1 saturated heterocycles. The first kappa shape index (κ1) is 18.6. The molecule has 0 saturated carbocycles. The smallest absolute Gasteiger partial charge is 0.306 e. The zero-order chi connectivity index (χ0) is 16.8. The Morgan fingerprint density at radius 2 is 2.17 bits per heavy atom. The highest BCUT2D eigenvalue weighted by atomic mass is 35.5. The van der Waals surface area contributed by atoms with E-state index in [0.29, 0.717) is 10.0 Å². The lowest BCUT2D eigenvalue weighted by atomic mass is 9.82.